The van der Waals surface area contributed by atoms with Crippen molar-refractivity contribution in [2.45, 2.75) is 64.1 Å². The third-order valence-electron chi connectivity index (χ3n) is 4.56. The zero-order chi connectivity index (χ0) is 18.7. The van der Waals surface area contributed by atoms with Gasteiger partial charge in [0.1, 0.15) is 0 Å². The highest BCUT2D eigenvalue weighted by Gasteiger charge is 2.41. The number of aliphatic carboxylic acids is 1. The van der Waals surface area contributed by atoms with Crippen LogP contribution in [0.3, 0.4) is 0 Å². The van der Waals surface area contributed by atoms with E-state index in [2.05, 4.69) is 12.2 Å². The van der Waals surface area contributed by atoms with E-state index in [0.29, 0.717) is 30.9 Å². The van der Waals surface area contributed by atoms with Gasteiger partial charge in [0.15, 0.2) is 0 Å². The van der Waals surface area contributed by atoms with Gasteiger partial charge in [0.05, 0.1) is 18.8 Å². The normalized spacial score (nSPS) is 26.0. The number of rotatable bonds is 11. The molecule has 1 saturated carbocycles. The second-order valence-electron chi connectivity index (χ2n) is 6.57. The van der Waals surface area contributed by atoms with Crippen molar-refractivity contribution in [2.75, 3.05) is 13.2 Å². The van der Waals surface area contributed by atoms with E-state index in [-0.39, 0.29) is 24.9 Å². The Morgan fingerprint density at radius 2 is 1.96 bits per heavy atom. The number of aliphatic hydroxyl groups excluding tert-OH is 2. The highest BCUT2D eigenvalue weighted by Crippen LogP contribution is 2.35. The summed E-state index contributed by atoms with van der Waals surface area (Å²) in [4.78, 5) is 10.5. The number of carboxylic acids is 1. The van der Waals surface area contributed by atoms with Gasteiger partial charge in [0.25, 0.3) is 5.17 Å². The number of hydrogen-bond donors (Lipinski definition) is 4. The molecule has 4 N–H and O–H groups in total. The molecule has 0 aliphatic heterocycles. The number of nitrogens with one attached hydrogen (secondary N) is 1. The molecule has 0 unspecified atom stereocenters. The molecule has 0 aromatic carbocycles. The summed E-state index contributed by atoms with van der Waals surface area (Å²) >= 11 is 5.13. The standard InChI is InChI=1S/C18H31NO5S/c1-2-3-10-19-18(25)24-12-14-13(15(20)11-16(14)21)8-6-4-5-7-9-17(22)23/h4,6,13-16,20-21H,2-3,5,7-12H2,1H3,(H,19,25)(H,22,23)/t13-,14-,15-,16-/m1/s1. The number of unbranched alkanes of at least 4 members (excludes halogenated alkanes) is 2. The van der Waals surface area contributed by atoms with Gasteiger partial charge in [-0.25, -0.2) is 0 Å². The lowest BCUT2D eigenvalue weighted by Gasteiger charge is -2.23. The quantitative estimate of drug-likeness (QED) is 0.250. The number of carboxylic acid groups (broad SMARTS) is 1. The molecule has 0 aromatic heterocycles. The SMILES string of the molecule is CCCCNC(=S)OC[C@@H]1[C@@H](CC=CCCCC(=O)O)[C@H](O)C[C@H]1O. The lowest BCUT2D eigenvalue weighted by molar-refractivity contribution is -0.137. The number of thiocarbonyl (C=S) groups is 1. The van der Waals surface area contributed by atoms with Gasteiger partial charge in [-0.3, -0.25) is 4.79 Å². The second-order valence-corrected chi connectivity index (χ2v) is 6.94. The number of ether oxygens (including phenoxy) is 1. The molecule has 1 aliphatic carbocycles. The van der Waals surface area contributed by atoms with Gasteiger partial charge in [-0.05, 0) is 50.2 Å². The minimum Gasteiger partial charge on any atom is -0.481 e. The lowest BCUT2D eigenvalue weighted by Crippen LogP contribution is -2.31. The molecule has 1 aliphatic rings. The van der Waals surface area contributed by atoms with Gasteiger partial charge < -0.3 is 25.4 Å². The van der Waals surface area contributed by atoms with Crippen LogP contribution in [0.15, 0.2) is 12.2 Å². The van der Waals surface area contributed by atoms with Gasteiger partial charge in [0, 0.05) is 18.9 Å². The molecule has 6 nitrogen and oxygen atoms in total. The molecular weight excluding hydrogens is 342 g/mol. The van der Waals surface area contributed by atoms with E-state index in [1.807, 2.05) is 12.2 Å². The van der Waals surface area contributed by atoms with Crippen molar-refractivity contribution in [2.24, 2.45) is 11.8 Å². The van der Waals surface area contributed by atoms with Gasteiger partial charge in [0.2, 0.25) is 0 Å². The molecular formula is C18H31NO5S. The summed E-state index contributed by atoms with van der Waals surface area (Å²) in [6, 6.07) is 0. The van der Waals surface area contributed by atoms with E-state index in [1.165, 1.54) is 0 Å². The molecule has 0 aromatic rings. The molecule has 0 heterocycles. The Kier molecular flexibility index (Phi) is 10.7. The third kappa shape index (κ3) is 8.65. The first-order valence-electron chi connectivity index (χ1n) is 9.09. The smallest absolute Gasteiger partial charge is 0.303 e. The summed E-state index contributed by atoms with van der Waals surface area (Å²) in [7, 11) is 0. The lowest BCUT2D eigenvalue weighted by atomic mass is 9.91. The molecule has 1 fully saturated rings. The van der Waals surface area contributed by atoms with E-state index >= 15 is 0 Å². The topological polar surface area (TPSA) is 99.0 Å². The van der Waals surface area contributed by atoms with Crippen LogP contribution >= 0.6 is 12.2 Å². The van der Waals surface area contributed by atoms with Crippen LogP contribution in [-0.4, -0.2) is 51.8 Å². The van der Waals surface area contributed by atoms with Crippen molar-refractivity contribution in [3.8, 4) is 0 Å². The van der Waals surface area contributed by atoms with Crippen LogP contribution in [0, 0.1) is 11.8 Å². The van der Waals surface area contributed by atoms with Gasteiger partial charge in [-0.15, -0.1) is 0 Å². The first kappa shape index (κ1) is 21.9. The predicted octanol–water partition coefficient (Wildman–Crippen LogP) is 2.24. The summed E-state index contributed by atoms with van der Waals surface area (Å²) in [6.45, 7) is 3.16. The van der Waals surface area contributed by atoms with Crippen LogP contribution in [0.5, 0.6) is 0 Å². The summed E-state index contributed by atoms with van der Waals surface area (Å²) in [5, 5.41) is 32.3. The van der Waals surface area contributed by atoms with E-state index in [4.69, 9.17) is 22.1 Å². The third-order valence-corrected chi connectivity index (χ3v) is 4.83. The van der Waals surface area contributed by atoms with Gasteiger partial charge >= 0.3 is 5.97 Å². The van der Waals surface area contributed by atoms with E-state index < -0.39 is 18.2 Å². The molecule has 4 atom stereocenters. The number of hydrogen-bond acceptors (Lipinski definition) is 5. The zero-order valence-corrected chi connectivity index (χ0v) is 15.7. The van der Waals surface area contributed by atoms with Crippen LogP contribution in [0.4, 0.5) is 0 Å². The van der Waals surface area contributed by atoms with E-state index in [9.17, 15) is 15.0 Å². The van der Waals surface area contributed by atoms with Crippen LogP contribution in [0.25, 0.3) is 0 Å². The fourth-order valence-corrected chi connectivity index (χ4v) is 3.24. The van der Waals surface area contributed by atoms with Crippen molar-refractivity contribution in [3.63, 3.8) is 0 Å². The summed E-state index contributed by atoms with van der Waals surface area (Å²) in [5.74, 6) is -1.03. The van der Waals surface area contributed by atoms with E-state index in [0.717, 1.165) is 19.4 Å². The Morgan fingerprint density at radius 1 is 1.24 bits per heavy atom. The Hall–Kier alpha value is -1.18. The molecule has 1 rings (SSSR count). The van der Waals surface area contributed by atoms with Gasteiger partial charge in [-0.2, -0.15) is 0 Å². The minimum atomic E-state index is -0.788. The average Bonchev–Trinajstić information content (AvgIpc) is 2.82. The summed E-state index contributed by atoms with van der Waals surface area (Å²) in [5.41, 5.74) is 0. The highest BCUT2D eigenvalue weighted by atomic mass is 32.1. The van der Waals surface area contributed by atoms with Crippen LogP contribution < -0.4 is 5.32 Å². The van der Waals surface area contributed by atoms with Crippen LogP contribution in [0.2, 0.25) is 0 Å². The van der Waals surface area contributed by atoms with Crippen molar-refractivity contribution >= 4 is 23.4 Å². The van der Waals surface area contributed by atoms with Crippen molar-refractivity contribution in [1.82, 2.24) is 5.32 Å². The first-order chi connectivity index (χ1) is 12.0. The maximum Gasteiger partial charge on any atom is 0.303 e. The molecule has 7 heteroatoms. The Labute approximate surface area is 155 Å². The maximum absolute atomic E-state index is 10.5. The largest absolute Gasteiger partial charge is 0.481 e. The zero-order valence-electron chi connectivity index (χ0n) is 14.9. The number of allylic oxidation sites excluding steroid dienone is 2. The minimum absolute atomic E-state index is 0.0795. The molecule has 0 spiro atoms. The summed E-state index contributed by atoms with van der Waals surface area (Å²) in [6.07, 6.45) is 7.27. The molecule has 0 amide bonds. The van der Waals surface area contributed by atoms with Gasteiger partial charge in [-0.1, -0.05) is 25.5 Å². The Morgan fingerprint density at radius 3 is 2.64 bits per heavy atom. The number of aliphatic hydroxyl groups is 2. The fraction of sp³-hybridized carbons (Fsp3) is 0.778. The van der Waals surface area contributed by atoms with Crippen LogP contribution in [-0.2, 0) is 9.53 Å². The second kappa shape index (κ2) is 12.2. The summed E-state index contributed by atoms with van der Waals surface area (Å²) < 4.78 is 5.55. The Bertz CT molecular complexity index is 443. The number of carbonyl (C=O) groups is 1. The molecule has 0 radical (unpaired) electrons. The van der Waals surface area contributed by atoms with Crippen LogP contribution in [0.1, 0.15) is 51.9 Å². The predicted molar refractivity (Wildman–Crippen MR) is 100 cm³/mol. The molecule has 144 valence electrons. The molecule has 25 heavy (non-hydrogen) atoms. The fourth-order valence-electron chi connectivity index (χ4n) is 3.07. The van der Waals surface area contributed by atoms with Crippen molar-refractivity contribution in [3.05, 3.63) is 12.2 Å². The van der Waals surface area contributed by atoms with Crippen molar-refractivity contribution in [1.29, 1.82) is 0 Å². The van der Waals surface area contributed by atoms with E-state index in [1.54, 1.807) is 0 Å². The average molecular weight is 374 g/mol. The molecule has 0 bridgehead atoms. The molecule has 0 saturated heterocycles. The first-order valence-corrected chi connectivity index (χ1v) is 9.50. The monoisotopic (exact) mass is 373 g/mol. The maximum atomic E-state index is 10.5. The van der Waals surface area contributed by atoms with Crippen molar-refractivity contribution < 1.29 is 24.9 Å². The highest BCUT2D eigenvalue weighted by molar-refractivity contribution is 7.80. The Balaban J connectivity index is 2.38.